The molecule has 0 amide bonds. The first-order valence-corrected chi connectivity index (χ1v) is 5.72. The monoisotopic (exact) mass is 261 g/mol. The predicted molar refractivity (Wildman–Crippen MR) is 65.1 cm³/mol. The van der Waals surface area contributed by atoms with Gasteiger partial charge in [-0.25, -0.2) is 0 Å². The Labute approximate surface area is 104 Å². The van der Waals surface area contributed by atoms with Gasteiger partial charge in [-0.1, -0.05) is 30.1 Å². The van der Waals surface area contributed by atoms with Crippen LogP contribution in [0, 0.1) is 0 Å². The summed E-state index contributed by atoms with van der Waals surface area (Å²) < 4.78 is 0. The lowest BCUT2D eigenvalue weighted by Gasteiger charge is -2.14. The maximum atomic E-state index is 11.1. The van der Waals surface area contributed by atoms with Crippen molar-refractivity contribution in [2.45, 2.75) is 19.4 Å². The van der Waals surface area contributed by atoms with Crippen LogP contribution in [0.1, 0.15) is 24.9 Å². The Balaban J connectivity index is 2.96. The average molecular weight is 262 g/mol. The number of carboxylic acids is 1. The van der Waals surface area contributed by atoms with E-state index in [4.69, 9.17) is 28.3 Å². The van der Waals surface area contributed by atoms with Gasteiger partial charge in [0.15, 0.2) is 0 Å². The van der Waals surface area contributed by atoms with Crippen LogP contribution in [0.25, 0.3) is 0 Å². The Morgan fingerprint density at radius 1 is 1.38 bits per heavy atom. The topological polar surface area (TPSA) is 49.3 Å². The van der Waals surface area contributed by atoms with Gasteiger partial charge < -0.3 is 10.4 Å². The summed E-state index contributed by atoms with van der Waals surface area (Å²) in [5.74, 6) is -0.938. The van der Waals surface area contributed by atoms with E-state index in [0.29, 0.717) is 22.2 Å². The van der Waals surface area contributed by atoms with Crippen LogP contribution in [0.4, 0.5) is 0 Å². The van der Waals surface area contributed by atoms with Crippen LogP contribution in [0.2, 0.25) is 10.0 Å². The molecule has 2 N–H and O–H groups in total. The Hall–Kier alpha value is -0.770. The highest BCUT2D eigenvalue weighted by molar-refractivity contribution is 6.34. The Morgan fingerprint density at radius 2 is 1.94 bits per heavy atom. The van der Waals surface area contributed by atoms with Gasteiger partial charge in [0.1, 0.15) is 6.04 Å². The summed E-state index contributed by atoms with van der Waals surface area (Å²) in [5.41, 5.74) is 0.568. The number of rotatable bonds is 5. The molecule has 1 rings (SSSR count). The van der Waals surface area contributed by atoms with Crippen molar-refractivity contribution in [3.63, 3.8) is 0 Å². The van der Waals surface area contributed by atoms with E-state index in [1.807, 2.05) is 6.92 Å². The number of carbonyl (C=O) groups is 1. The molecule has 16 heavy (non-hydrogen) atoms. The van der Waals surface area contributed by atoms with Crippen LogP contribution in [-0.4, -0.2) is 17.6 Å². The summed E-state index contributed by atoms with van der Waals surface area (Å²) in [6.45, 7) is 2.60. The summed E-state index contributed by atoms with van der Waals surface area (Å²) in [7, 11) is 0. The van der Waals surface area contributed by atoms with Gasteiger partial charge in [0.25, 0.3) is 0 Å². The average Bonchev–Trinajstić information content (AvgIpc) is 2.16. The van der Waals surface area contributed by atoms with E-state index in [-0.39, 0.29) is 0 Å². The molecule has 0 aliphatic heterocycles. The molecule has 0 fully saturated rings. The molecule has 0 aromatic heterocycles. The molecular weight excluding hydrogens is 249 g/mol. The molecule has 0 aliphatic carbocycles. The fourth-order valence-corrected chi connectivity index (χ4v) is 1.92. The molecule has 0 aliphatic rings. The van der Waals surface area contributed by atoms with Crippen molar-refractivity contribution >= 4 is 29.2 Å². The number of hydrogen-bond acceptors (Lipinski definition) is 2. The number of benzene rings is 1. The van der Waals surface area contributed by atoms with Gasteiger partial charge in [0.05, 0.1) is 0 Å². The Bertz CT molecular complexity index is 362. The van der Waals surface area contributed by atoms with Crippen LogP contribution in [0.15, 0.2) is 18.2 Å². The van der Waals surface area contributed by atoms with Gasteiger partial charge >= 0.3 is 5.97 Å². The van der Waals surface area contributed by atoms with Crippen LogP contribution in [0.5, 0.6) is 0 Å². The maximum Gasteiger partial charge on any atom is 0.325 e. The molecule has 0 heterocycles. The summed E-state index contributed by atoms with van der Waals surface area (Å²) >= 11 is 11.7. The number of nitrogens with one attached hydrogen (secondary N) is 1. The van der Waals surface area contributed by atoms with Gasteiger partial charge in [0, 0.05) is 10.0 Å². The van der Waals surface area contributed by atoms with Crippen molar-refractivity contribution in [1.82, 2.24) is 5.32 Å². The zero-order chi connectivity index (χ0) is 12.1. The van der Waals surface area contributed by atoms with Gasteiger partial charge in [0.2, 0.25) is 0 Å². The summed E-state index contributed by atoms with van der Waals surface area (Å²) in [6, 6.07) is 4.02. The van der Waals surface area contributed by atoms with Gasteiger partial charge in [-0.3, -0.25) is 4.79 Å². The molecule has 0 saturated carbocycles. The first kappa shape index (κ1) is 13.3. The normalized spacial score (nSPS) is 12.4. The van der Waals surface area contributed by atoms with Crippen LogP contribution < -0.4 is 5.32 Å². The molecule has 0 radical (unpaired) electrons. The van der Waals surface area contributed by atoms with Gasteiger partial charge in [-0.05, 0) is 36.7 Å². The number of carboxylic acid groups (broad SMARTS) is 1. The fraction of sp³-hybridized carbons (Fsp3) is 0.364. The second kappa shape index (κ2) is 6.09. The Kier molecular flexibility index (Phi) is 5.06. The van der Waals surface area contributed by atoms with Crippen LogP contribution in [-0.2, 0) is 4.79 Å². The molecule has 1 aromatic rings. The highest BCUT2D eigenvalue weighted by atomic mass is 35.5. The number of aliphatic carboxylic acids is 1. The van der Waals surface area contributed by atoms with Crippen molar-refractivity contribution in [3.8, 4) is 0 Å². The van der Waals surface area contributed by atoms with Crippen molar-refractivity contribution in [2.75, 3.05) is 6.54 Å². The second-order valence-electron chi connectivity index (χ2n) is 3.43. The molecular formula is C11H13Cl2NO2. The van der Waals surface area contributed by atoms with E-state index < -0.39 is 12.0 Å². The summed E-state index contributed by atoms with van der Waals surface area (Å²) in [6.07, 6.45) is 0.859. The molecule has 1 aromatic carbocycles. The maximum absolute atomic E-state index is 11.1. The summed E-state index contributed by atoms with van der Waals surface area (Å²) in [4.78, 5) is 11.1. The minimum absolute atomic E-state index is 0.437. The van der Waals surface area contributed by atoms with Crippen molar-refractivity contribution in [2.24, 2.45) is 0 Å². The lowest BCUT2D eigenvalue weighted by molar-refractivity contribution is -0.139. The molecule has 5 heteroatoms. The van der Waals surface area contributed by atoms with E-state index in [1.54, 1.807) is 18.2 Å². The predicted octanol–water partition coefficient (Wildman–Crippen LogP) is 3.12. The van der Waals surface area contributed by atoms with Crippen molar-refractivity contribution < 1.29 is 9.90 Å². The van der Waals surface area contributed by atoms with Crippen LogP contribution in [0.3, 0.4) is 0 Å². The summed E-state index contributed by atoms with van der Waals surface area (Å²) in [5, 5.41) is 12.9. The van der Waals surface area contributed by atoms with Crippen LogP contribution >= 0.6 is 23.2 Å². The first-order valence-electron chi connectivity index (χ1n) is 4.96. The first-order chi connectivity index (χ1) is 7.54. The van der Waals surface area contributed by atoms with Gasteiger partial charge in [-0.15, -0.1) is 0 Å². The zero-order valence-corrected chi connectivity index (χ0v) is 10.3. The highest BCUT2D eigenvalue weighted by Gasteiger charge is 2.19. The van der Waals surface area contributed by atoms with Gasteiger partial charge in [-0.2, -0.15) is 0 Å². The fourth-order valence-electron chi connectivity index (χ4n) is 1.38. The lowest BCUT2D eigenvalue weighted by atomic mass is 10.1. The highest BCUT2D eigenvalue weighted by Crippen LogP contribution is 2.23. The largest absolute Gasteiger partial charge is 0.480 e. The molecule has 0 spiro atoms. The molecule has 1 atom stereocenters. The van der Waals surface area contributed by atoms with E-state index in [0.717, 1.165) is 6.42 Å². The second-order valence-corrected chi connectivity index (χ2v) is 4.30. The third-order valence-corrected chi connectivity index (χ3v) is 2.50. The molecule has 0 bridgehead atoms. The quantitative estimate of drug-likeness (QED) is 0.857. The van der Waals surface area contributed by atoms with Crippen molar-refractivity contribution in [1.29, 1.82) is 0 Å². The standard InChI is InChI=1S/C11H13Cl2NO2/c1-2-3-14-10(11(15)16)7-4-8(12)6-9(13)5-7/h4-6,10,14H,2-3H2,1H3,(H,15,16). The van der Waals surface area contributed by atoms with E-state index in [2.05, 4.69) is 5.32 Å². The SMILES string of the molecule is CCCNC(C(=O)O)c1cc(Cl)cc(Cl)c1. The molecule has 88 valence electrons. The third-order valence-electron chi connectivity index (χ3n) is 2.06. The number of halogens is 2. The minimum Gasteiger partial charge on any atom is -0.480 e. The van der Waals surface area contributed by atoms with Crippen molar-refractivity contribution in [3.05, 3.63) is 33.8 Å². The lowest BCUT2D eigenvalue weighted by Crippen LogP contribution is -2.29. The molecule has 1 unspecified atom stereocenters. The van der Waals surface area contributed by atoms with E-state index in [9.17, 15) is 4.79 Å². The smallest absolute Gasteiger partial charge is 0.325 e. The minimum atomic E-state index is -0.938. The Morgan fingerprint density at radius 3 is 2.38 bits per heavy atom. The molecule has 0 saturated heterocycles. The number of hydrogen-bond donors (Lipinski definition) is 2. The third kappa shape index (κ3) is 3.67. The zero-order valence-electron chi connectivity index (χ0n) is 8.84. The molecule has 3 nitrogen and oxygen atoms in total. The van der Waals surface area contributed by atoms with E-state index in [1.165, 1.54) is 0 Å². The van der Waals surface area contributed by atoms with E-state index >= 15 is 0 Å².